The molecule has 6 nitrogen and oxygen atoms in total. The van der Waals surface area contributed by atoms with Crippen molar-refractivity contribution in [2.75, 3.05) is 13.2 Å². The summed E-state index contributed by atoms with van der Waals surface area (Å²) in [5, 5.41) is 8.33. The number of ether oxygens (including phenoxy) is 2. The highest BCUT2D eigenvalue weighted by molar-refractivity contribution is 5.49. The normalized spacial score (nSPS) is 10.7. The van der Waals surface area contributed by atoms with Crippen LogP contribution < -0.4 is 15.2 Å². The standard InChI is InChI=1S/C15H22N4O2/c1-4-13-12(10-16)17-18-19(13)11-7-8-14(20-5-2)15(9-11)21-6-3/h7-9H,4-6,10,16H2,1-3H3. The first-order valence-corrected chi connectivity index (χ1v) is 7.28. The fraction of sp³-hybridized carbons (Fsp3) is 0.467. The molecule has 0 spiro atoms. The van der Waals surface area contributed by atoms with Gasteiger partial charge in [0, 0.05) is 12.6 Å². The Bertz CT molecular complexity index is 595. The van der Waals surface area contributed by atoms with E-state index in [1.165, 1.54) is 0 Å². The van der Waals surface area contributed by atoms with Crippen molar-refractivity contribution in [1.29, 1.82) is 0 Å². The van der Waals surface area contributed by atoms with Gasteiger partial charge in [-0.1, -0.05) is 12.1 Å². The molecule has 2 N–H and O–H groups in total. The van der Waals surface area contributed by atoms with Crippen molar-refractivity contribution in [3.63, 3.8) is 0 Å². The summed E-state index contributed by atoms with van der Waals surface area (Å²) in [7, 11) is 0. The summed E-state index contributed by atoms with van der Waals surface area (Å²) >= 11 is 0. The highest BCUT2D eigenvalue weighted by atomic mass is 16.5. The third kappa shape index (κ3) is 3.16. The Labute approximate surface area is 124 Å². The average molecular weight is 290 g/mol. The topological polar surface area (TPSA) is 75.2 Å². The first-order valence-electron chi connectivity index (χ1n) is 7.28. The van der Waals surface area contributed by atoms with Crippen LogP contribution in [0.25, 0.3) is 5.69 Å². The SMILES string of the molecule is CCOc1ccc(-n2nnc(CN)c2CC)cc1OCC. The second-order valence-corrected chi connectivity index (χ2v) is 4.45. The number of nitrogens with zero attached hydrogens (tertiary/aromatic N) is 3. The smallest absolute Gasteiger partial charge is 0.163 e. The van der Waals surface area contributed by atoms with E-state index in [4.69, 9.17) is 15.2 Å². The molecule has 0 aliphatic heterocycles. The lowest BCUT2D eigenvalue weighted by molar-refractivity contribution is 0.287. The Balaban J connectivity index is 2.44. The molecule has 1 aromatic carbocycles. The monoisotopic (exact) mass is 290 g/mol. The van der Waals surface area contributed by atoms with Crippen molar-refractivity contribution >= 4 is 0 Å². The van der Waals surface area contributed by atoms with Gasteiger partial charge in [-0.3, -0.25) is 0 Å². The van der Waals surface area contributed by atoms with Gasteiger partial charge >= 0.3 is 0 Å². The van der Waals surface area contributed by atoms with E-state index in [0.29, 0.717) is 25.5 Å². The van der Waals surface area contributed by atoms with Crippen molar-refractivity contribution in [1.82, 2.24) is 15.0 Å². The summed E-state index contributed by atoms with van der Waals surface area (Å²) in [6.45, 7) is 7.52. The Morgan fingerprint density at radius 3 is 2.43 bits per heavy atom. The van der Waals surface area contributed by atoms with Gasteiger partial charge in [-0.05, 0) is 32.4 Å². The molecule has 0 aliphatic carbocycles. The molecule has 0 atom stereocenters. The van der Waals surface area contributed by atoms with Gasteiger partial charge in [0.1, 0.15) is 0 Å². The zero-order valence-corrected chi connectivity index (χ0v) is 12.8. The predicted molar refractivity (Wildman–Crippen MR) is 81.0 cm³/mol. The summed E-state index contributed by atoms with van der Waals surface area (Å²) in [6, 6.07) is 5.76. The van der Waals surface area contributed by atoms with Crippen LogP contribution in [0.4, 0.5) is 0 Å². The molecule has 21 heavy (non-hydrogen) atoms. The van der Waals surface area contributed by atoms with Crippen molar-refractivity contribution in [3.8, 4) is 17.2 Å². The number of nitrogens with two attached hydrogens (primary N) is 1. The van der Waals surface area contributed by atoms with Crippen LogP contribution in [0.15, 0.2) is 18.2 Å². The Hall–Kier alpha value is -2.08. The molecule has 0 saturated carbocycles. The van der Waals surface area contributed by atoms with Gasteiger partial charge in [0.15, 0.2) is 11.5 Å². The first kappa shape index (κ1) is 15.3. The van der Waals surface area contributed by atoms with Gasteiger partial charge in [-0.15, -0.1) is 5.10 Å². The maximum atomic E-state index is 5.70. The highest BCUT2D eigenvalue weighted by Crippen LogP contribution is 2.30. The molecule has 0 unspecified atom stereocenters. The van der Waals surface area contributed by atoms with Crippen LogP contribution in [-0.4, -0.2) is 28.2 Å². The van der Waals surface area contributed by atoms with Crippen LogP contribution in [0.1, 0.15) is 32.2 Å². The summed E-state index contributed by atoms with van der Waals surface area (Å²) < 4.78 is 13.0. The number of hydrogen-bond acceptors (Lipinski definition) is 5. The van der Waals surface area contributed by atoms with Crippen LogP contribution in [0.2, 0.25) is 0 Å². The molecule has 0 amide bonds. The van der Waals surface area contributed by atoms with Crippen LogP contribution in [-0.2, 0) is 13.0 Å². The Kier molecular flexibility index (Phi) is 5.16. The predicted octanol–water partition coefficient (Wildman–Crippen LogP) is 2.09. The number of hydrogen-bond donors (Lipinski definition) is 1. The number of rotatable bonds is 7. The largest absolute Gasteiger partial charge is 0.490 e. The minimum atomic E-state index is 0.387. The van der Waals surface area contributed by atoms with Crippen LogP contribution in [0.5, 0.6) is 11.5 Å². The molecule has 0 bridgehead atoms. The maximum absolute atomic E-state index is 5.70. The Morgan fingerprint density at radius 2 is 1.81 bits per heavy atom. The van der Waals surface area contributed by atoms with Gasteiger partial charge in [0.25, 0.3) is 0 Å². The van der Waals surface area contributed by atoms with E-state index in [1.54, 1.807) is 4.68 Å². The van der Waals surface area contributed by atoms with Crippen molar-refractivity contribution < 1.29 is 9.47 Å². The van der Waals surface area contributed by atoms with Crippen LogP contribution in [0.3, 0.4) is 0 Å². The van der Waals surface area contributed by atoms with E-state index in [0.717, 1.165) is 29.2 Å². The fourth-order valence-electron chi connectivity index (χ4n) is 2.22. The molecule has 6 heteroatoms. The zero-order chi connectivity index (χ0) is 15.2. The molecule has 0 saturated heterocycles. The first-order chi connectivity index (χ1) is 10.2. The molecule has 0 aliphatic rings. The average Bonchev–Trinajstić information content (AvgIpc) is 2.92. The minimum Gasteiger partial charge on any atom is -0.490 e. The molecule has 1 aromatic heterocycles. The molecule has 2 rings (SSSR count). The van der Waals surface area contributed by atoms with Gasteiger partial charge in [-0.25, -0.2) is 4.68 Å². The lowest BCUT2D eigenvalue weighted by atomic mass is 10.2. The van der Waals surface area contributed by atoms with E-state index < -0.39 is 0 Å². The fourth-order valence-corrected chi connectivity index (χ4v) is 2.22. The second kappa shape index (κ2) is 7.08. The third-order valence-corrected chi connectivity index (χ3v) is 3.14. The highest BCUT2D eigenvalue weighted by Gasteiger charge is 2.14. The quantitative estimate of drug-likeness (QED) is 0.845. The van der Waals surface area contributed by atoms with Crippen LogP contribution in [0, 0.1) is 0 Å². The lowest BCUT2D eigenvalue weighted by Crippen LogP contribution is -2.06. The maximum Gasteiger partial charge on any atom is 0.163 e. The third-order valence-electron chi connectivity index (χ3n) is 3.14. The Morgan fingerprint density at radius 1 is 1.10 bits per heavy atom. The number of aromatic nitrogens is 3. The van der Waals surface area contributed by atoms with E-state index >= 15 is 0 Å². The van der Waals surface area contributed by atoms with E-state index in [9.17, 15) is 0 Å². The van der Waals surface area contributed by atoms with Gasteiger partial charge < -0.3 is 15.2 Å². The van der Waals surface area contributed by atoms with Crippen molar-refractivity contribution in [3.05, 3.63) is 29.6 Å². The zero-order valence-electron chi connectivity index (χ0n) is 12.8. The molecule has 2 aromatic rings. The van der Waals surface area contributed by atoms with Gasteiger partial charge in [0.2, 0.25) is 0 Å². The van der Waals surface area contributed by atoms with Gasteiger partial charge in [0.05, 0.1) is 30.3 Å². The molecule has 0 radical (unpaired) electrons. The molecule has 1 heterocycles. The summed E-state index contributed by atoms with van der Waals surface area (Å²) in [5.74, 6) is 1.45. The van der Waals surface area contributed by atoms with E-state index in [1.807, 2.05) is 32.0 Å². The lowest BCUT2D eigenvalue weighted by Gasteiger charge is -2.13. The van der Waals surface area contributed by atoms with Gasteiger partial charge in [-0.2, -0.15) is 0 Å². The molecule has 114 valence electrons. The molecule has 0 fully saturated rings. The van der Waals surface area contributed by atoms with Crippen LogP contribution >= 0.6 is 0 Å². The van der Waals surface area contributed by atoms with E-state index in [2.05, 4.69) is 17.2 Å². The number of benzene rings is 1. The molecular weight excluding hydrogens is 268 g/mol. The molecular formula is C15H22N4O2. The second-order valence-electron chi connectivity index (χ2n) is 4.45. The summed E-state index contributed by atoms with van der Waals surface area (Å²) in [4.78, 5) is 0. The van der Waals surface area contributed by atoms with Crippen molar-refractivity contribution in [2.45, 2.75) is 33.7 Å². The van der Waals surface area contributed by atoms with Crippen molar-refractivity contribution in [2.24, 2.45) is 5.73 Å². The summed E-state index contributed by atoms with van der Waals surface area (Å²) in [5.41, 5.74) is 8.43. The minimum absolute atomic E-state index is 0.387. The summed E-state index contributed by atoms with van der Waals surface area (Å²) in [6.07, 6.45) is 0.816. The van der Waals surface area contributed by atoms with E-state index in [-0.39, 0.29) is 0 Å².